The Morgan fingerprint density at radius 1 is 1.17 bits per heavy atom. The number of thiophene rings is 1. The van der Waals surface area contributed by atoms with Crippen molar-refractivity contribution in [3.63, 3.8) is 0 Å². The minimum Gasteiger partial charge on any atom is -0.357 e. The summed E-state index contributed by atoms with van der Waals surface area (Å²) in [6.45, 7) is 3.58. The Labute approximate surface area is 164 Å². The number of aliphatic imine (C=N–C) groups is 1. The highest BCUT2D eigenvalue weighted by Crippen LogP contribution is 2.09. The van der Waals surface area contributed by atoms with Gasteiger partial charge in [0.15, 0.2) is 15.8 Å². The summed E-state index contributed by atoms with van der Waals surface area (Å²) in [5, 5.41) is 10.3. The maximum atomic E-state index is 12.2. The SMILES string of the molecule is CCNC(=NCc1ccsc1)NCCS(=O)(=O)c1ccccc1.I. The van der Waals surface area contributed by atoms with Crippen LogP contribution in [-0.4, -0.2) is 33.2 Å². The summed E-state index contributed by atoms with van der Waals surface area (Å²) >= 11 is 1.63. The van der Waals surface area contributed by atoms with Gasteiger partial charge in [-0.05, 0) is 41.4 Å². The van der Waals surface area contributed by atoms with Gasteiger partial charge in [0, 0.05) is 13.1 Å². The molecule has 1 aromatic carbocycles. The van der Waals surface area contributed by atoms with E-state index in [1.54, 1.807) is 41.7 Å². The standard InChI is InChI=1S/C16H21N3O2S2.HI/c1-2-17-16(19-12-14-8-10-22-13-14)18-9-11-23(20,21)15-6-4-3-5-7-15;/h3-8,10,13H,2,9,11-12H2,1H3,(H2,17,18,19);1H. The molecule has 0 atom stereocenters. The molecule has 2 aromatic rings. The molecule has 2 rings (SSSR count). The van der Waals surface area contributed by atoms with Crippen LogP contribution in [0.2, 0.25) is 0 Å². The number of nitrogens with one attached hydrogen (secondary N) is 2. The number of halogens is 1. The lowest BCUT2D eigenvalue weighted by molar-refractivity contribution is 0.594. The zero-order valence-corrected chi connectivity index (χ0v) is 17.4. The average Bonchev–Trinajstić information content (AvgIpc) is 3.07. The first-order chi connectivity index (χ1) is 11.1. The van der Waals surface area contributed by atoms with E-state index >= 15 is 0 Å². The number of sulfone groups is 1. The van der Waals surface area contributed by atoms with E-state index in [0.29, 0.717) is 23.9 Å². The van der Waals surface area contributed by atoms with Crippen molar-refractivity contribution in [3.05, 3.63) is 52.7 Å². The van der Waals surface area contributed by atoms with Gasteiger partial charge in [0.25, 0.3) is 0 Å². The largest absolute Gasteiger partial charge is 0.357 e. The Bertz CT molecular complexity index is 717. The lowest BCUT2D eigenvalue weighted by atomic mass is 10.3. The van der Waals surface area contributed by atoms with Gasteiger partial charge in [-0.1, -0.05) is 18.2 Å². The van der Waals surface area contributed by atoms with Crippen molar-refractivity contribution in [1.82, 2.24) is 10.6 Å². The molecule has 0 saturated heterocycles. The number of nitrogens with zero attached hydrogens (tertiary/aromatic N) is 1. The third-order valence-corrected chi connectivity index (χ3v) is 5.57. The van der Waals surface area contributed by atoms with Crippen molar-refractivity contribution in [3.8, 4) is 0 Å². The molecule has 0 amide bonds. The highest BCUT2D eigenvalue weighted by molar-refractivity contribution is 14.0. The number of benzene rings is 1. The lowest BCUT2D eigenvalue weighted by Gasteiger charge is -2.11. The second-order valence-corrected chi connectivity index (χ2v) is 7.77. The molecule has 0 aliphatic rings. The Morgan fingerprint density at radius 3 is 2.54 bits per heavy atom. The predicted molar refractivity (Wildman–Crippen MR) is 111 cm³/mol. The minimum atomic E-state index is -3.27. The fourth-order valence-corrected chi connectivity index (χ4v) is 3.78. The summed E-state index contributed by atoms with van der Waals surface area (Å²) in [6.07, 6.45) is 0. The molecule has 2 N–H and O–H groups in total. The first-order valence-electron chi connectivity index (χ1n) is 7.43. The van der Waals surface area contributed by atoms with E-state index in [9.17, 15) is 8.42 Å². The molecule has 1 aromatic heterocycles. The molecule has 0 aliphatic heterocycles. The van der Waals surface area contributed by atoms with Crippen LogP contribution < -0.4 is 10.6 Å². The molecule has 0 bridgehead atoms. The van der Waals surface area contributed by atoms with Gasteiger partial charge in [-0.2, -0.15) is 11.3 Å². The van der Waals surface area contributed by atoms with Gasteiger partial charge in [-0.25, -0.2) is 13.4 Å². The van der Waals surface area contributed by atoms with Crippen LogP contribution in [0.5, 0.6) is 0 Å². The Hall–Kier alpha value is -1.13. The van der Waals surface area contributed by atoms with Gasteiger partial charge in [-0.15, -0.1) is 24.0 Å². The fourth-order valence-electron chi connectivity index (χ4n) is 1.94. The lowest BCUT2D eigenvalue weighted by Crippen LogP contribution is -2.39. The first-order valence-corrected chi connectivity index (χ1v) is 10.0. The van der Waals surface area contributed by atoms with E-state index in [1.807, 2.05) is 23.8 Å². The number of hydrogen-bond donors (Lipinski definition) is 2. The fraction of sp³-hybridized carbons (Fsp3) is 0.312. The molecule has 132 valence electrons. The summed E-state index contributed by atoms with van der Waals surface area (Å²) in [6, 6.07) is 10.5. The highest BCUT2D eigenvalue weighted by atomic mass is 127. The van der Waals surface area contributed by atoms with Crippen LogP contribution in [0.4, 0.5) is 0 Å². The van der Waals surface area contributed by atoms with Crippen molar-refractivity contribution in [1.29, 1.82) is 0 Å². The van der Waals surface area contributed by atoms with Crippen LogP contribution in [0.3, 0.4) is 0 Å². The number of hydrogen-bond acceptors (Lipinski definition) is 4. The molecule has 0 aliphatic carbocycles. The van der Waals surface area contributed by atoms with E-state index in [2.05, 4.69) is 15.6 Å². The smallest absolute Gasteiger partial charge is 0.191 e. The molecule has 0 spiro atoms. The number of rotatable bonds is 7. The molecule has 0 unspecified atom stereocenters. The number of guanidine groups is 1. The average molecular weight is 479 g/mol. The zero-order valence-electron chi connectivity index (χ0n) is 13.4. The maximum Gasteiger partial charge on any atom is 0.191 e. The van der Waals surface area contributed by atoms with Crippen LogP contribution in [0.15, 0.2) is 57.0 Å². The summed E-state index contributed by atoms with van der Waals surface area (Å²) in [4.78, 5) is 4.80. The monoisotopic (exact) mass is 479 g/mol. The van der Waals surface area contributed by atoms with Crippen molar-refractivity contribution < 1.29 is 8.42 Å². The van der Waals surface area contributed by atoms with Gasteiger partial charge in [0.05, 0.1) is 17.2 Å². The maximum absolute atomic E-state index is 12.2. The summed E-state index contributed by atoms with van der Waals surface area (Å²) in [5.74, 6) is 0.654. The molecular formula is C16H22IN3O2S2. The van der Waals surface area contributed by atoms with Crippen molar-refractivity contribution in [2.75, 3.05) is 18.8 Å². The van der Waals surface area contributed by atoms with Crippen LogP contribution >= 0.6 is 35.3 Å². The predicted octanol–water partition coefficient (Wildman–Crippen LogP) is 2.90. The molecule has 5 nitrogen and oxygen atoms in total. The molecule has 0 fully saturated rings. The van der Waals surface area contributed by atoms with Crippen LogP contribution in [0.25, 0.3) is 0 Å². The van der Waals surface area contributed by atoms with E-state index in [-0.39, 0.29) is 29.7 Å². The van der Waals surface area contributed by atoms with E-state index in [0.717, 1.165) is 12.1 Å². The van der Waals surface area contributed by atoms with Crippen molar-refractivity contribution >= 4 is 51.1 Å². The van der Waals surface area contributed by atoms with Gasteiger partial charge < -0.3 is 10.6 Å². The Balaban J connectivity index is 0.00000288. The first kappa shape index (κ1) is 20.9. The molecular weight excluding hydrogens is 457 g/mol. The topological polar surface area (TPSA) is 70.6 Å². The van der Waals surface area contributed by atoms with Gasteiger partial charge in [0.2, 0.25) is 0 Å². The van der Waals surface area contributed by atoms with Gasteiger partial charge in [0.1, 0.15) is 0 Å². The molecule has 24 heavy (non-hydrogen) atoms. The third kappa shape index (κ3) is 6.78. The molecule has 8 heteroatoms. The Kier molecular flexibility index (Phi) is 9.30. The van der Waals surface area contributed by atoms with Crippen LogP contribution in [0, 0.1) is 0 Å². The summed E-state index contributed by atoms with van der Waals surface area (Å²) in [7, 11) is -3.27. The van der Waals surface area contributed by atoms with Crippen LogP contribution in [-0.2, 0) is 16.4 Å². The third-order valence-electron chi connectivity index (χ3n) is 3.11. The summed E-state index contributed by atoms with van der Waals surface area (Å²) in [5.41, 5.74) is 1.14. The molecule has 0 radical (unpaired) electrons. The second-order valence-electron chi connectivity index (χ2n) is 4.89. The van der Waals surface area contributed by atoms with E-state index < -0.39 is 9.84 Å². The van der Waals surface area contributed by atoms with E-state index in [4.69, 9.17) is 0 Å². The minimum absolute atomic E-state index is 0. The van der Waals surface area contributed by atoms with Crippen molar-refractivity contribution in [2.24, 2.45) is 4.99 Å². The molecule has 0 saturated carbocycles. The quantitative estimate of drug-likeness (QED) is 0.364. The normalized spacial score (nSPS) is 11.6. The zero-order chi connectivity index (χ0) is 16.5. The van der Waals surface area contributed by atoms with Crippen LogP contribution in [0.1, 0.15) is 12.5 Å². The second kappa shape index (κ2) is 10.7. The van der Waals surface area contributed by atoms with Crippen molar-refractivity contribution in [2.45, 2.75) is 18.4 Å². The molecule has 1 heterocycles. The van der Waals surface area contributed by atoms with Gasteiger partial charge >= 0.3 is 0 Å². The van der Waals surface area contributed by atoms with E-state index in [1.165, 1.54) is 0 Å². The summed E-state index contributed by atoms with van der Waals surface area (Å²) < 4.78 is 24.4. The van der Waals surface area contributed by atoms with Gasteiger partial charge in [-0.3, -0.25) is 0 Å². The Morgan fingerprint density at radius 2 is 1.92 bits per heavy atom. The highest BCUT2D eigenvalue weighted by Gasteiger charge is 2.13.